The SMILES string of the molecule is COC(C)(C)CCn1cc(C(C)O)cn1. The summed E-state index contributed by atoms with van der Waals surface area (Å²) in [6, 6.07) is 0. The van der Waals surface area contributed by atoms with E-state index in [0.717, 1.165) is 18.5 Å². The maximum absolute atomic E-state index is 9.33. The van der Waals surface area contributed by atoms with Gasteiger partial charge in [0.1, 0.15) is 0 Å². The molecule has 0 fully saturated rings. The van der Waals surface area contributed by atoms with Gasteiger partial charge in [-0.25, -0.2) is 0 Å². The van der Waals surface area contributed by atoms with Gasteiger partial charge in [0.05, 0.1) is 17.9 Å². The van der Waals surface area contributed by atoms with E-state index in [4.69, 9.17) is 4.74 Å². The number of hydrogen-bond donors (Lipinski definition) is 1. The number of ether oxygens (including phenoxy) is 1. The van der Waals surface area contributed by atoms with Crippen LogP contribution >= 0.6 is 0 Å². The predicted octanol–water partition coefficient (Wildman–Crippen LogP) is 1.75. The van der Waals surface area contributed by atoms with Gasteiger partial charge in [-0.3, -0.25) is 4.68 Å². The van der Waals surface area contributed by atoms with Gasteiger partial charge in [0, 0.05) is 25.4 Å². The summed E-state index contributed by atoms with van der Waals surface area (Å²) in [5, 5.41) is 13.5. The second kappa shape index (κ2) is 4.77. The second-order valence-electron chi connectivity index (χ2n) is 4.43. The summed E-state index contributed by atoms with van der Waals surface area (Å²) in [5.74, 6) is 0. The smallest absolute Gasteiger partial charge is 0.0792 e. The summed E-state index contributed by atoms with van der Waals surface area (Å²) in [6.45, 7) is 6.63. The third kappa shape index (κ3) is 3.64. The minimum atomic E-state index is -0.450. The highest BCUT2D eigenvalue weighted by Crippen LogP contribution is 2.15. The third-order valence-electron chi connectivity index (χ3n) is 2.63. The van der Waals surface area contributed by atoms with E-state index >= 15 is 0 Å². The molecule has 0 radical (unpaired) electrons. The fourth-order valence-corrected chi connectivity index (χ4v) is 1.20. The molecule has 0 saturated heterocycles. The zero-order chi connectivity index (χ0) is 11.5. The lowest BCUT2D eigenvalue weighted by Crippen LogP contribution is -2.24. The first-order valence-corrected chi connectivity index (χ1v) is 5.20. The Balaban J connectivity index is 2.51. The molecule has 0 aliphatic heterocycles. The molecule has 0 aromatic carbocycles. The average molecular weight is 212 g/mol. The van der Waals surface area contributed by atoms with Crippen LogP contribution in [0.15, 0.2) is 12.4 Å². The Morgan fingerprint density at radius 3 is 2.73 bits per heavy atom. The molecule has 15 heavy (non-hydrogen) atoms. The molecule has 1 rings (SSSR count). The minimum Gasteiger partial charge on any atom is -0.389 e. The van der Waals surface area contributed by atoms with E-state index in [1.54, 1.807) is 20.2 Å². The number of aliphatic hydroxyl groups excluding tert-OH is 1. The van der Waals surface area contributed by atoms with Crippen molar-refractivity contribution in [3.8, 4) is 0 Å². The highest BCUT2D eigenvalue weighted by atomic mass is 16.5. The van der Waals surface area contributed by atoms with E-state index in [2.05, 4.69) is 5.10 Å². The molecule has 0 amide bonds. The van der Waals surface area contributed by atoms with Crippen molar-refractivity contribution in [3.05, 3.63) is 18.0 Å². The summed E-state index contributed by atoms with van der Waals surface area (Å²) >= 11 is 0. The molecule has 0 bridgehead atoms. The van der Waals surface area contributed by atoms with Gasteiger partial charge in [-0.15, -0.1) is 0 Å². The lowest BCUT2D eigenvalue weighted by molar-refractivity contribution is 0.0113. The number of aromatic nitrogens is 2. The van der Waals surface area contributed by atoms with E-state index in [0.29, 0.717) is 0 Å². The molecule has 0 saturated carbocycles. The lowest BCUT2D eigenvalue weighted by Gasteiger charge is -2.22. The van der Waals surface area contributed by atoms with E-state index in [1.165, 1.54) is 0 Å². The molecule has 4 nitrogen and oxygen atoms in total. The molecular formula is C11H20N2O2. The average Bonchev–Trinajstić information content (AvgIpc) is 2.63. The Kier molecular flexibility index (Phi) is 3.88. The molecule has 4 heteroatoms. The number of rotatable bonds is 5. The summed E-state index contributed by atoms with van der Waals surface area (Å²) < 4.78 is 7.16. The van der Waals surface area contributed by atoms with Gasteiger partial charge in [-0.2, -0.15) is 5.10 Å². The Labute approximate surface area is 90.9 Å². The van der Waals surface area contributed by atoms with E-state index in [-0.39, 0.29) is 5.60 Å². The van der Waals surface area contributed by atoms with Crippen molar-refractivity contribution < 1.29 is 9.84 Å². The summed E-state index contributed by atoms with van der Waals surface area (Å²) in [5.41, 5.74) is 0.724. The van der Waals surface area contributed by atoms with Gasteiger partial charge in [0.25, 0.3) is 0 Å². The molecular weight excluding hydrogens is 192 g/mol. The highest BCUT2D eigenvalue weighted by molar-refractivity contribution is 5.06. The standard InChI is InChI=1S/C11H20N2O2/c1-9(14)10-7-12-13(8-10)6-5-11(2,3)15-4/h7-9,14H,5-6H2,1-4H3. The molecule has 1 heterocycles. The van der Waals surface area contributed by atoms with Crippen molar-refractivity contribution in [2.24, 2.45) is 0 Å². The molecule has 86 valence electrons. The van der Waals surface area contributed by atoms with Crippen molar-refractivity contribution >= 4 is 0 Å². The number of hydrogen-bond acceptors (Lipinski definition) is 3. The molecule has 1 aromatic rings. The van der Waals surface area contributed by atoms with E-state index in [9.17, 15) is 5.11 Å². The van der Waals surface area contributed by atoms with Crippen LogP contribution in [0.5, 0.6) is 0 Å². The Morgan fingerprint density at radius 1 is 1.60 bits per heavy atom. The van der Waals surface area contributed by atoms with Crippen LogP contribution in [0.3, 0.4) is 0 Å². The topological polar surface area (TPSA) is 47.3 Å². The Bertz CT molecular complexity index is 305. The van der Waals surface area contributed by atoms with Gasteiger partial charge < -0.3 is 9.84 Å². The van der Waals surface area contributed by atoms with Crippen LogP contribution in [0.1, 0.15) is 38.9 Å². The van der Waals surface area contributed by atoms with Gasteiger partial charge in [-0.05, 0) is 27.2 Å². The zero-order valence-corrected chi connectivity index (χ0v) is 9.90. The maximum atomic E-state index is 9.33. The van der Waals surface area contributed by atoms with Crippen LogP contribution in [-0.2, 0) is 11.3 Å². The Morgan fingerprint density at radius 2 is 2.27 bits per heavy atom. The van der Waals surface area contributed by atoms with Crippen LogP contribution < -0.4 is 0 Å². The van der Waals surface area contributed by atoms with Gasteiger partial charge in [-0.1, -0.05) is 0 Å². The molecule has 0 spiro atoms. The molecule has 1 unspecified atom stereocenters. The van der Waals surface area contributed by atoms with Crippen LogP contribution in [0.25, 0.3) is 0 Å². The fraction of sp³-hybridized carbons (Fsp3) is 0.727. The lowest BCUT2D eigenvalue weighted by atomic mass is 10.1. The first kappa shape index (κ1) is 12.2. The highest BCUT2D eigenvalue weighted by Gasteiger charge is 2.16. The van der Waals surface area contributed by atoms with Crippen molar-refractivity contribution in [2.75, 3.05) is 7.11 Å². The number of aryl methyl sites for hydroxylation is 1. The van der Waals surface area contributed by atoms with Crippen molar-refractivity contribution in [1.29, 1.82) is 0 Å². The molecule has 1 aromatic heterocycles. The molecule has 0 aliphatic carbocycles. The summed E-state index contributed by atoms with van der Waals surface area (Å²) in [6.07, 6.45) is 4.01. The second-order valence-corrected chi connectivity index (χ2v) is 4.43. The molecule has 1 atom stereocenters. The maximum Gasteiger partial charge on any atom is 0.0792 e. The van der Waals surface area contributed by atoms with Gasteiger partial charge in [0.15, 0.2) is 0 Å². The van der Waals surface area contributed by atoms with Crippen LogP contribution in [0.2, 0.25) is 0 Å². The zero-order valence-electron chi connectivity index (χ0n) is 9.90. The molecule has 0 aliphatic rings. The third-order valence-corrected chi connectivity index (χ3v) is 2.63. The first-order valence-electron chi connectivity index (χ1n) is 5.20. The first-order chi connectivity index (χ1) is 6.94. The van der Waals surface area contributed by atoms with E-state index in [1.807, 2.05) is 24.7 Å². The van der Waals surface area contributed by atoms with Crippen molar-refractivity contribution in [3.63, 3.8) is 0 Å². The normalized spacial score (nSPS) is 14.2. The predicted molar refractivity (Wildman–Crippen MR) is 58.6 cm³/mol. The summed E-state index contributed by atoms with van der Waals surface area (Å²) in [4.78, 5) is 0. The van der Waals surface area contributed by atoms with Crippen LogP contribution in [0.4, 0.5) is 0 Å². The number of nitrogens with zero attached hydrogens (tertiary/aromatic N) is 2. The van der Waals surface area contributed by atoms with Crippen molar-refractivity contribution in [1.82, 2.24) is 9.78 Å². The quantitative estimate of drug-likeness (QED) is 0.809. The van der Waals surface area contributed by atoms with E-state index < -0.39 is 6.10 Å². The Hall–Kier alpha value is -0.870. The monoisotopic (exact) mass is 212 g/mol. The van der Waals surface area contributed by atoms with Crippen LogP contribution in [-0.4, -0.2) is 27.6 Å². The largest absolute Gasteiger partial charge is 0.389 e. The van der Waals surface area contributed by atoms with Gasteiger partial charge in [0.2, 0.25) is 0 Å². The summed E-state index contributed by atoms with van der Waals surface area (Å²) in [7, 11) is 1.71. The van der Waals surface area contributed by atoms with Gasteiger partial charge >= 0.3 is 0 Å². The fourth-order valence-electron chi connectivity index (χ4n) is 1.20. The molecule has 1 N–H and O–H groups in total. The number of aliphatic hydroxyl groups is 1. The number of methoxy groups -OCH3 is 1. The van der Waals surface area contributed by atoms with Crippen molar-refractivity contribution in [2.45, 2.75) is 45.4 Å². The minimum absolute atomic E-state index is 0.128. The van der Waals surface area contributed by atoms with Crippen LogP contribution in [0, 0.1) is 0 Å².